The van der Waals surface area contributed by atoms with Crippen LogP contribution in [0, 0.1) is 0 Å². The summed E-state index contributed by atoms with van der Waals surface area (Å²) in [4.78, 5) is 11.3. The Labute approximate surface area is 138 Å². The molecule has 0 radical (unpaired) electrons. The van der Waals surface area contributed by atoms with Crippen LogP contribution in [0.25, 0.3) is 11.0 Å². The fourth-order valence-electron chi connectivity index (χ4n) is 2.95. The number of ether oxygens (including phenoxy) is 3. The maximum absolute atomic E-state index is 11.3. The summed E-state index contributed by atoms with van der Waals surface area (Å²) < 4.78 is 21.7. The van der Waals surface area contributed by atoms with Crippen LogP contribution in [0.3, 0.4) is 0 Å². The molecule has 24 heavy (non-hydrogen) atoms. The summed E-state index contributed by atoms with van der Waals surface area (Å²) in [5.41, 5.74) is -0.963. The molecule has 0 aliphatic carbocycles. The summed E-state index contributed by atoms with van der Waals surface area (Å²) in [7, 11) is 1.44. The second-order valence-electron chi connectivity index (χ2n) is 6.30. The van der Waals surface area contributed by atoms with Crippen molar-refractivity contribution in [2.45, 2.75) is 44.1 Å². The zero-order chi connectivity index (χ0) is 17.5. The van der Waals surface area contributed by atoms with Crippen LogP contribution in [-0.4, -0.2) is 47.5 Å². The van der Waals surface area contributed by atoms with Crippen LogP contribution < -0.4 is 10.4 Å². The summed E-state index contributed by atoms with van der Waals surface area (Å²) in [6.45, 7) is 3.48. The average Bonchev–Trinajstić information content (AvgIpc) is 2.52. The number of hydrogen-bond donors (Lipinski definition) is 2. The molecule has 4 atom stereocenters. The van der Waals surface area contributed by atoms with Crippen molar-refractivity contribution in [1.82, 2.24) is 0 Å². The molecule has 2 aromatic rings. The van der Waals surface area contributed by atoms with Gasteiger partial charge in [-0.15, -0.1) is 0 Å². The number of rotatable bonds is 3. The second-order valence-corrected chi connectivity index (χ2v) is 6.30. The van der Waals surface area contributed by atoms with E-state index in [1.165, 1.54) is 19.2 Å². The lowest BCUT2D eigenvalue weighted by Gasteiger charge is -2.46. The van der Waals surface area contributed by atoms with E-state index < -0.39 is 35.8 Å². The first kappa shape index (κ1) is 16.9. The van der Waals surface area contributed by atoms with Crippen LogP contribution >= 0.6 is 0 Å². The molecule has 0 amide bonds. The molecule has 4 unspecified atom stereocenters. The Kier molecular flexibility index (Phi) is 4.35. The van der Waals surface area contributed by atoms with E-state index >= 15 is 0 Å². The topological polar surface area (TPSA) is 98.4 Å². The SMILES string of the molecule is COC1C(O)C(O)C(Oc2ccc3ccc(=O)oc3c2)OC1(C)C. The Balaban J connectivity index is 1.86. The van der Waals surface area contributed by atoms with Gasteiger partial charge in [0.25, 0.3) is 0 Å². The van der Waals surface area contributed by atoms with Crippen LogP contribution in [0.1, 0.15) is 13.8 Å². The minimum atomic E-state index is -1.29. The molecule has 0 saturated carbocycles. The monoisotopic (exact) mass is 336 g/mol. The lowest BCUT2D eigenvalue weighted by atomic mass is 9.89. The molecule has 0 bridgehead atoms. The van der Waals surface area contributed by atoms with E-state index in [9.17, 15) is 15.0 Å². The summed E-state index contributed by atoms with van der Waals surface area (Å²) in [5.74, 6) is 0.347. The maximum Gasteiger partial charge on any atom is 0.336 e. The van der Waals surface area contributed by atoms with Crippen LogP contribution in [0.4, 0.5) is 0 Å². The number of aliphatic hydroxyl groups is 2. The quantitative estimate of drug-likeness (QED) is 0.808. The van der Waals surface area contributed by atoms with Crippen molar-refractivity contribution in [1.29, 1.82) is 0 Å². The molecule has 1 fully saturated rings. The summed E-state index contributed by atoms with van der Waals surface area (Å²) >= 11 is 0. The molecule has 0 spiro atoms. The zero-order valence-electron chi connectivity index (χ0n) is 13.6. The smallest absolute Gasteiger partial charge is 0.336 e. The third kappa shape index (κ3) is 3.03. The van der Waals surface area contributed by atoms with Gasteiger partial charge < -0.3 is 28.8 Å². The molecule has 1 aromatic heterocycles. The Morgan fingerprint density at radius 3 is 2.54 bits per heavy atom. The summed E-state index contributed by atoms with van der Waals surface area (Å²) in [6.07, 6.45) is -4.24. The third-order valence-electron chi connectivity index (χ3n) is 4.14. The normalized spacial score (nSPS) is 29.5. The first-order chi connectivity index (χ1) is 11.3. The van der Waals surface area contributed by atoms with Gasteiger partial charge in [-0.1, -0.05) is 0 Å². The standard InChI is InChI=1S/C17H20O7/c1-17(2)15(21-3)13(19)14(20)16(24-17)22-10-6-4-9-5-7-12(18)23-11(9)8-10/h4-8,13-16,19-20H,1-3H3. The Bertz CT molecular complexity index is 782. The van der Waals surface area contributed by atoms with Crippen LogP contribution in [-0.2, 0) is 9.47 Å². The van der Waals surface area contributed by atoms with E-state index in [-0.39, 0.29) is 0 Å². The molecule has 1 aromatic carbocycles. The van der Waals surface area contributed by atoms with Crippen molar-refractivity contribution in [3.05, 3.63) is 40.8 Å². The molecular weight excluding hydrogens is 316 g/mol. The first-order valence-electron chi connectivity index (χ1n) is 7.59. The van der Waals surface area contributed by atoms with Crippen molar-refractivity contribution >= 4 is 11.0 Å². The van der Waals surface area contributed by atoms with Crippen molar-refractivity contribution in [2.24, 2.45) is 0 Å². The van der Waals surface area contributed by atoms with E-state index in [0.29, 0.717) is 11.3 Å². The second kappa shape index (κ2) is 6.18. The first-order valence-corrected chi connectivity index (χ1v) is 7.59. The molecule has 3 rings (SSSR count). The fourth-order valence-corrected chi connectivity index (χ4v) is 2.95. The largest absolute Gasteiger partial charge is 0.462 e. The Morgan fingerprint density at radius 1 is 1.12 bits per heavy atom. The van der Waals surface area contributed by atoms with Gasteiger partial charge in [0.1, 0.15) is 29.6 Å². The van der Waals surface area contributed by atoms with Gasteiger partial charge in [0.2, 0.25) is 6.29 Å². The van der Waals surface area contributed by atoms with Gasteiger partial charge in [0, 0.05) is 24.6 Å². The molecule has 1 aliphatic heterocycles. The average molecular weight is 336 g/mol. The Hall–Kier alpha value is -1.93. The minimum absolute atomic E-state index is 0.347. The number of hydrogen-bond acceptors (Lipinski definition) is 7. The van der Waals surface area contributed by atoms with Crippen LogP contribution in [0.15, 0.2) is 39.5 Å². The van der Waals surface area contributed by atoms with E-state index in [1.807, 2.05) is 0 Å². The molecule has 7 nitrogen and oxygen atoms in total. The summed E-state index contributed by atoms with van der Waals surface area (Å²) in [5, 5.41) is 21.2. The summed E-state index contributed by atoms with van der Waals surface area (Å²) in [6, 6.07) is 7.91. The number of benzene rings is 1. The predicted molar refractivity (Wildman–Crippen MR) is 84.9 cm³/mol. The van der Waals surface area contributed by atoms with Crippen LogP contribution in [0.5, 0.6) is 5.75 Å². The molecule has 130 valence electrons. The van der Waals surface area contributed by atoms with Crippen LogP contribution in [0.2, 0.25) is 0 Å². The van der Waals surface area contributed by atoms with E-state index in [1.54, 1.807) is 32.0 Å². The molecular formula is C17H20O7. The predicted octanol–water partition coefficient (Wildman–Crippen LogP) is 1.04. The number of aliphatic hydroxyl groups excluding tert-OH is 2. The number of fused-ring (bicyclic) bond motifs is 1. The van der Waals surface area contributed by atoms with Crippen molar-refractivity contribution in [3.63, 3.8) is 0 Å². The van der Waals surface area contributed by atoms with Gasteiger partial charge in [-0.3, -0.25) is 0 Å². The van der Waals surface area contributed by atoms with E-state index in [2.05, 4.69) is 0 Å². The number of methoxy groups -OCH3 is 1. The van der Waals surface area contributed by atoms with Crippen molar-refractivity contribution < 1.29 is 28.8 Å². The molecule has 1 saturated heterocycles. The maximum atomic E-state index is 11.3. The third-order valence-corrected chi connectivity index (χ3v) is 4.14. The van der Waals surface area contributed by atoms with Gasteiger partial charge in [-0.2, -0.15) is 0 Å². The lowest BCUT2D eigenvalue weighted by molar-refractivity contribution is -0.305. The van der Waals surface area contributed by atoms with E-state index in [4.69, 9.17) is 18.6 Å². The highest BCUT2D eigenvalue weighted by Gasteiger charge is 2.50. The molecule has 1 aliphatic rings. The van der Waals surface area contributed by atoms with Crippen molar-refractivity contribution in [2.75, 3.05) is 7.11 Å². The molecule has 7 heteroatoms. The van der Waals surface area contributed by atoms with Gasteiger partial charge in [0.15, 0.2) is 0 Å². The molecule has 2 heterocycles. The highest BCUT2D eigenvalue weighted by molar-refractivity contribution is 5.77. The molecule has 2 N–H and O–H groups in total. The lowest BCUT2D eigenvalue weighted by Crippen LogP contribution is -2.63. The van der Waals surface area contributed by atoms with E-state index in [0.717, 1.165) is 5.39 Å². The van der Waals surface area contributed by atoms with Gasteiger partial charge in [-0.05, 0) is 32.0 Å². The fraction of sp³-hybridized carbons (Fsp3) is 0.471. The van der Waals surface area contributed by atoms with Gasteiger partial charge in [0.05, 0.1) is 5.60 Å². The van der Waals surface area contributed by atoms with Crippen molar-refractivity contribution in [3.8, 4) is 5.75 Å². The minimum Gasteiger partial charge on any atom is -0.462 e. The zero-order valence-corrected chi connectivity index (χ0v) is 13.6. The van der Waals surface area contributed by atoms with Gasteiger partial charge >= 0.3 is 5.63 Å². The highest BCUT2D eigenvalue weighted by Crippen LogP contribution is 2.33. The van der Waals surface area contributed by atoms with Gasteiger partial charge in [-0.25, -0.2) is 4.79 Å². The highest BCUT2D eigenvalue weighted by atomic mass is 16.7. The Morgan fingerprint density at radius 2 is 1.83 bits per heavy atom.